The molecule has 1 aliphatic heterocycles. The average molecular weight is 804 g/mol. The van der Waals surface area contributed by atoms with Crippen LogP contribution in [0.5, 0.6) is 0 Å². The second kappa shape index (κ2) is 13.6. The van der Waals surface area contributed by atoms with E-state index in [4.69, 9.17) is 0 Å². The first kappa shape index (κ1) is 35.4. The fraction of sp³-hybridized carbons (Fsp3) is 0.129. The van der Waals surface area contributed by atoms with E-state index >= 15 is 0 Å². The third kappa shape index (κ3) is 5.29. The summed E-state index contributed by atoms with van der Waals surface area (Å²) in [7, 11) is 0. The van der Waals surface area contributed by atoms with Crippen LogP contribution in [0.3, 0.4) is 0 Å². The van der Waals surface area contributed by atoms with Crippen molar-refractivity contribution in [3.05, 3.63) is 220 Å². The van der Waals surface area contributed by atoms with Gasteiger partial charge in [0.1, 0.15) is 0 Å². The highest BCUT2D eigenvalue weighted by Crippen LogP contribution is 2.50. The molecule has 0 fully saturated rings. The molecule has 0 radical (unpaired) electrons. The molecular weight excluding hydrogens is 759 g/mol. The lowest BCUT2D eigenvalue weighted by atomic mass is 9.78. The van der Waals surface area contributed by atoms with Gasteiger partial charge in [0.2, 0.25) is 0 Å². The first-order valence-corrected chi connectivity index (χ1v) is 23.0. The van der Waals surface area contributed by atoms with Crippen molar-refractivity contribution in [2.75, 3.05) is 4.90 Å². The minimum atomic E-state index is 0.246. The molecule has 8 aromatic rings. The minimum Gasteiger partial charge on any atom is -0.334 e. The van der Waals surface area contributed by atoms with E-state index in [2.05, 4.69) is 187 Å². The second-order valence-corrected chi connectivity index (χ2v) is 18.4. The molecule has 0 bridgehead atoms. The molecule has 1 nitrogen and oxygen atoms in total. The van der Waals surface area contributed by atoms with Crippen molar-refractivity contribution in [3.63, 3.8) is 0 Å². The molecule has 1 heterocycles. The quantitative estimate of drug-likeness (QED) is 0.157. The van der Waals surface area contributed by atoms with Crippen LogP contribution in [0.15, 0.2) is 181 Å². The van der Waals surface area contributed by atoms with Crippen LogP contribution in [0.2, 0.25) is 0 Å². The van der Waals surface area contributed by atoms with Crippen LogP contribution < -0.4 is 4.90 Å². The van der Waals surface area contributed by atoms with E-state index in [1.54, 1.807) is 0 Å². The molecule has 1 atom stereocenters. The Kier molecular flexibility index (Phi) is 7.66. The van der Waals surface area contributed by atoms with E-state index in [1.165, 1.54) is 132 Å². The van der Waals surface area contributed by atoms with Crippen LogP contribution in [0.1, 0.15) is 77.1 Å². The van der Waals surface area contributed by atoms with Gasteiger partial charge in [-0.25, -0.2) is 0 Å². The number of hydrogen-bond donors (Lipinski definition) is 0. The molecule has 1 unspecified atom stereocenters. The highest BCUT2D eigenvalue weighted by Gasteiger charge is 2.31. The van der Waals surface area contributed by atoms with Gasteiger partial charge in [0.15, 0.2) is 0 Å². The monoisotopic (exact) mass is 803 g/mol. The fourth-order valence-corrected chi connectivity index (χ4v) is 12.2. The first-order valence-electron chi connectivity index (χ1n) is 23.0. The van der Waals surface area contributed by atoms with E-state index in [-0.39, 0.29) is 6.04 Å². The smallest absolute Gasteiger partial charge is 0.0626 e. The molecule has 0 aromatic heterocycles. The number of nitrogens with zero attached hydrogens (tertiary/aromatic N) is 1. The van der Waals surface area contributed by atoms with Gasteiger partial charge in [0.25, 0.3) is 0 Å². The van der Waals surface area contributed by atoms with Gasteiger partial charge in [-0.05, 0) is 190 Å². The molecule has 63 heavy (non-hydrogen) atoms. The maximum Gasteiger partial charge on any atom is 0.0626 e. The highest BCUT2D eigenvalue weighted by atomic mass is 15.2. The largest absolute Gasteiger partial charge is 0.334 e. The molecular formula is C62H45N. The highest BCUT2D eigenvalue weighted by molar-refractivity contribution is 6.18. The zero-order chi connectivity index (χ0) is 41.2. The molecule has 14 rings (SSSR count). The summed E-state index contributed by atoms with van der Waals surface area (Å²) >= 11 is 0. The van der Waals surface area contributed by atoms with E-state index in [9.17, 15) is 0 Å². The molecule has 6 aliphatic rings. The Hall–Kier alpha value is -7.22. The van der Waals surface area contributed by atoms with Crippen molar-refractivity contribution in [3.8, 4) is 22.3 Å². The Labute approximate surface area is 368 Å². The van der Waals surface area contributed by atoms with E-state index < -0.39 is 0 Å². The fourth-order valence-electron chi connectivity index (χ4n) is 12.2. The zero-order valence-corrected chi connectivity index (χ0v) is 35.3. The summed E-state index contributed by atoms with van der Waals surface area (Å²) in [5.74, 6) is 0. The number of rotatable bonds is 5. The van der Waals surface area contributed by atoms with Crippen LogP contribution in [0, 0.1) is 0 Å². The van der Waals surface area contributed by atoms with Gasteiger partial charge in [-0.1, -0.05) is 158 Å². The van der Waals surface area contributed by atoms with Crippen LogP contribution in [0.4, 0.5) is 5.69 Å². The predicted octanol–water partition coefficient (Wildman–Crippen LogP) is 16.5. The minimum absolute atomic E-state index is 0.246. The maximum absolute atomic E-state index is 2.63. The standard InChI is InChI=1S/C62H45N/c1-3-9-38(10-4-1)57-33-34-58(39-11-5-2-6-12-39)63(57)48-26-21-46-36-55-51(49-27-22-44-19-17-40-13-7-15-42-24-29-53(49)61(44)59(40)42)31-32-52(56(55)37-47(46)35-48)50-28-23-45-20-18-41-14-8-16-43-25-30-54(50)62(45)60(41)43/h1-5,7-11,15-18,21-32,34-37,57H,6,12-14,19-20,33H2. The SMILES string of the molecule is C1=CCCC(C2=CCC(c3ccccc3)N2c2ccc3cc4c(-c5ccc6c7c8c(ccc57)C=CCC8=CC6)ccc(-c5ccc6c7c8c(ccc57)C=CCC8=CC6)c4cc3c2)=C1. The average Bonchev–Trinajstić information content (AvgIpc) is 3.80. The molecule has 0 amide bonds. The number of anilines is 1. The van der Waals surface area contributed by atoms with E-state index in [0.717, 1.165) is 44.9 Å². The Bertz CT molecular complexity index is 3580. The Balaban J connectivity index is 1.02. The molecule has 0 saturated heterocycles. The third-order valence-electron chi connectivity index (χ3n) is 15.1. The van der Waals surface area contributed by atoms with Gasteiger partial charge in [-0.3, -0.25) is 0 Å². The summed E-state index contributed by atoms with van der Waals surface area (Å²) in [6.07, 6.45) is 30.7. The van der Waals surface area contributed by atoms with Crippen molar-refractivity contribution in [1.29, 1.82) is 0 Å². The summed E-state index contributed by atoms with van der Waals surface area (Å²) in [6.45, 7) is 0. The zero-order valence-electron chi connectivity index (χ0n) is 35.3. The summed E-state index contributed by atoms with van der Waals surface area (Å²) < 4.78 is 0. The number of benzene rings is 8. The van der Waals surface area contributed by atoms with Gasteiger partial charge in [-0.2, -0.15) is 0 Å². The molecule has 0 N–H and O–H groups in total. The summed E-state index contributed by atoms with van der Waals surface area (Å²) in [5, 5.41) is 10.8. The molecule has 0 saturated carbocycles. The van der Waals surface area contributed by atoms with Gasteiger partial charge < -0.3 is 4.90 Å². The molecule has 298 valence electrons. The lowest BCUT2D eigenvalue weighted by molar-refractivity contribution is 0.729. The Morgan fingerprint density at radius 3 is 1.73 bits per heavy atom. The van der Waals surface area contributed by atoms with Crippen LogP contribution in [-0.2, 0) is 12.8 Å². The Morgan fingerprint density at radius 2 is 1.10 bits per heavy atom. The van der Waals surface area contributed by atoms with Crippen LogP contribution in [-0.4, -0.2) is 0 Å². The van der Waals surface area contributed by atoms with Crippen LogP contribution >= 0.6 is 0 Å². The number of fused-ring (bicyclic) bond motifs is 2. The third-order valence-corrected chi connectivity index (χ3v) is 15.1. The van der Waals surface area contributed by atoms with Crippen molar-refractivity contribution < 1.29 is 0 Å². The molecule has 0 spiro atoms. The number of allylic oxidation sites excluding steroid dienone is 10. The molecule has 8 aromatic carbocycles. The van der Waals surface area contributed by atoms with Crippen molar-refractivity contribution >= 4 is 72.1 Å². The Morgan fingerprint density at radius 1 is 0.476 bits per heavy atom. The number of hydrogen-bond acceptors (Lipinski definition) is 1. The van der Waals surface area contributed by atoms with E-state index in [0.29, 0.717) is 0 Å². The summed E-state index contributed by atoms with van der Waals surface area (Å²) in [6, 6.07) is 47.7. The molecule has 5 aliphatic carbocycles. The van der Waals surface area contributed by atoms with Crippen LogP contribution in [0.25, 0.3) is 88.6 Å². The lowest BCUT2D eigenvalue weighted by Gasteiger charge is -2.32. The van der Waals surface area contributed by atoms with Gasteiger partial charge >= 0.3 is 0 Å². The maximum atomic E-state index is 2.63. The topological polar surface area (TPSA) is 3.24 Å². The normalized spacial score (nSPS) is 18.0. The van der Waals surface area contributed by atoms with E-state index in [1.807, 2.05) is 0 Å². The van der Waals surface area contributed by atoms with Gasteiger partial charge in [0.05, 0.1) is 6.04 Å². The predicted molar refractivity (Wildman–Crippen MR) is 269 cm³/mol. The molecule has 1 heteroatoms. The summed E-state index contributed by atoms with van der Waals surface area (Å²) in [4.78, 5) is 2.63. The second-order valence-electron chi connectivity index (χ2n) is 18.4. The summed E-state index contributed by atoms with van der Waals surface area (Å²) in [5.41, 5.74) is 22.0. The van der Waals surface area contributed by atoms with Crippen molar-refractivity contribution in [2.45, 2.75) is 51.0 Å². The first-order chi connectivity index (χ1) is 31.2. The lowest BCUT2D eigenvalue weighted by Crippen LogP contribution is -2.24. The van der Waals surface area contributed by atoms with Gasteiger partial charge in [0, 0.05) is 11.4 Å². The van der Waals surface area contributed by atoms with Crippen molar-refractivity contribution in [2.24, 2.45) is 0 Å². The van der Waals surface area contributed by atoms with Gasteiger partial charge in [-0.15, -0.1) is 0 Å². The van der Waals surface area contributed by atoms with Crippen molar-refractivity contribution in [1.82, 2.24) is 0 Å².